The summed E-state index contributed by atoms with van der Waals surface area (Å²) in [6, 6.07) is 24.5. The zero-order valence-electron chi connectivity index (χ0n) is 20.7. The first kappa shape index (κ1) is 26.0. The zero-order chi connectivity index (χ0) is 24.7. The van der Waals surface area contributed by atoms with Crippen LogP contribution in [0.15, 0.2) is 78.9 Å². The molecule has 0 bridgehead atoms. The number of anilines is 1. The third-order valence-electron chi connectivity index (χ3n) is 6.08. The monoisotopic (exact) mass is 471 g/mol. The normalized spacial score (nSPS) is 10.5. The quantitative estimate of drug-likeness (QED) is 0.182. The zero-order valence-corrected chi connectivity index (χ0v) is 20.7. The second kappa shape index (κ2) is 14.6. The smallest absolute Gasteiger partial charge is 0.269 e. The first-order valence-corrected chi connectivity index (χ1v) is 12.7. The van der Waals surface area contributed by atoms with Gasteiger partial charge in [0.15, 0.2) is 0 Å². The predicted molar refractivity (Wildman–Crippen MR) is 143 cm³/mol. The van der Waals surface area contributed by atoms with Crippen molar-refractivity contribution in [2.45, 2.75) is 64.8 Å². The van der Waals surface area contributed by atoms with Crippen molar-refractivity contribution in [3.8, 4) is 0 Å². The first-order valence-electron chi connectivity index (χ1n) is 12.7. The van der Waals surface area contributed by atoms with E-state index in [0.717, 1.165) is 24.1 Å². The molecule has 0 aliphatic heterocycles. The minimum atomic E-state index is -0.199. The number of hydrogen-bond donors (Lipinski definition) is 3. The summed E-state index contributed by atoms with van der Waals surface area (Å²) >= 11 is 0. The van der Waals surface area contributed by atoms with Crippen LogP contribution in [0.2, 0.25) is 0 Å². The van der Waals surface area contributed by atoms with E-state index in [-0.39, 0.29) is 11.8 Å². The number of unbranched alkanes of at least 4 members (excludes halogenated alkanes) is 6. The number of amides is 2. The Bertz CT molecular complexity index is 1050. The third-order valence-corrected chi connectivity index (χ3v) is 6.08. The van der Waals surface area contributed by atoms with Crippen LogP contribution in [0.5, 0.6) is 0 Å². The van der Waals surface area contributed by atoms with Gasteiger partial charge in [-0.15, -0.1) is 0 Å². The Kier molecular flexibility index (Phi) is 10.9. The second-order valence-electron chi connectivity index (χ2n) is 8.85. The fourth-order valence-corrected chi connectivity index (χ4v) is 3.98. The summed E-state index contributed by atoms with van der Waals surface area (Å²) in [4.78, 5) is 24.8. The van der Waals surface area contributed by atoms with Crippen molar-refractivity contribution < 1.29 is 9.59 Å². The van der Waals surface area contributed by atoms with Gasteiger partial charge in [0.05, 0.1) is 5.69 Å². The summed E-state index contributed by atoms with van der Waals surface area (Å²) < 4.78 is 0. The van der Waals surface area contributed by atoms with E-state index in [1.165, 1.54) is 44.1 Å². The lowest BCUT2D eigenvalue weighted by atomic mass is 10.0. The minimum Gasteiger partial charge on any atom is -0.348 e. The summed E-state index contributed by atoms with van der Waals surface area (Å²) in [5.74, 6) is -0.317. The molecule has 5 heteroatoms. The molecule has 0 spiro atoms. The molecule has 3 N–H and O–H groups in total. The van der Waals surface area contributed by atoms with Crippen LogP contribution in [0.4, 0.5) is 5.69 Å². The maximum atomic E-state index is 12.6. The highest BCUT2D eigenvalue weighted by Crippen LogP contribution is 2.18. The van der Waals surface area contributed by atoms with Crippen LogP contribution in [-0.2, 0) is 13.0 Å². The number of carbonyl (C=O) groups is 2. The lowest BCUT2D eigenvalue weighted by molar-refractivity contribution is 0.0946. The van der Waals surface area contributed by atoms with Crippen LogP contribution in [0.1, 0.15) is 83.7 Å². The molecule has 0 saturated heterocycles. The summed E-state index contributed by atoms with van der Waals surface area (Å²) in [5.41, 5.74) is 10.2. The molecule has 3 aromatic rings. The summed E-state index contributed by atoms with van der Waals surface area (Å²) in [6.45, 7) is 2.65. The maximum absolute atomic E-state index is 12.6. The van der Waals surface area contributed by atoms with Crippen molar-refractivity contribution in [2.24, 2.45) is 0 Å². The molecule has 35 heavy (non-hydrogen) atoms. The van der Waals surface area contributed by atoms with E-state index in [2.05, 4.69) is 29.2 Å². The molecule has 5 nitrogen and oxygen atoms in total. The summed E-state index contributed by atoms with van der Waals surface area (Å²) in [5, 5.41) is 2.90. The molecule has 3 rings (SSSR count). The van der Waals surface area contributed by atoms with Gasteiger partial charge < -0.3 is 5.32 Å². The average Bonchev–Trinajstić information content (AvgIpc) is 2.91. The maximum Gasteiger partial charge on any atom is 0.269 e. The summed E-state index contributed by atoms with van der Waals surface area (Å²) in [7, 11) is 0. The molecule has 2 amide bonds. The van der Waals surface area contributed by atoms with Crippen LogP contribution in [0.25, 0.3) is 0 Å². The van der Waals surface area contributed by atoms with Crippen LogP contribution in [0, 0.1) is 0 Å². The molecule has 0 aliphatic carbocycles. The largest absolute Gasteiger partial charge is 0.348 e. The molecule has 0 atom stereocenters. The number of hydrazine groups is 1. The van der Waals surface area contributed by atoms with Gasteiger partial charge in [-0.05, 0) is 54.3 Å². The number of hydrogen-bond acceptors (Lipinski definition) is 3. The molecule has 0 heterocycles. The fourth-order valence-electron chi connectivity index (χ4n) is 3.98. The number of carbonyl (C=O) groups excluding carboxylic acids is 2. The Labute approximate surface area is 209 Å². The molecule has 0 unspecified atom stereocenters. The van der Waals surface area contributed by atoms with E-state index in [9.17, 15) is 9.59 Å². The highest BCUT2D eigenvalue weighted by Gasteiger charge is 2.08. The average molecular weight is 472 g/mol. The highest BCUT2D eigenvalue weighted by atomic mass is 16.2. The highest BCUT2D eigenvalue weighted by molar-refractivity contribution is 5.95. The Morgan fingerprint density at radius 3 is 2.03 bits per heavy atom. The van der Waals surface area contributed by atoms with Crippen molar-refractivity contribution in [1.29, 1.82) is 0 Å². The molecule has 184 valence electrons. The SMILES string of the molecule is CCCCCCCCCc1ccccc1NNC(=O)c1ccc(CNC(=O)c2ccccc2)cc1. The van der Waals surface area contributed by atoms with Gasteiger partial charge in [-0.3, -0.25) is 20.4 Å². The van der Waals surface area contributed by atoms with Crippen LogP contribution < -0.4 is 16.2 Å². The Hall–Kier alpha value is -3.60. The number of para-hydroxylation sites is 1. The van der Waals surface area contributed by atoms with Crippen molar-refractivity contribution in [3.05, 3.63) is 101 Å². The number of nitrogens with one attached hydrogen (secondary N) is 3. The van der Waals surface area contributed by atoms with Crippen LogP contribution in [-0.4, -0.2) is 11.8 Å². The van der Waals surface area contributed by atoms with Crippen LogP contribution in [0.3, 0.4) is 0 Å². The van der Waals surface area contributed by atoms with Gasteiger partial charge in [0, 0.05) is 17.7 Å². The molecule has 3 aromatic carbocycles. The fraction of sp³-hybridized carbons (Fsp3) is 0.333. The molecule has 0 aliphatic rings. The lowest BCUT2D eigenvalue weighted by Crippen LogP contribution is -2.30. The molecule has 0 saturated carbocycles. The van der Waals surface area contributed by atoms with Gasteiger partial charge >= 0.3 is 0 Å². The van der Waals surface area contributed by atoms with E-state index < -0.39 is 0 Å². The van der Waals surface area contributed by atoms with Crippen molar-refractivity contribution >= 4 is 17.5 Å². The molecular formula is C30H37N3O2. The van der Waals surface area contributed by atoms with E-state index in [0.29, 0.717) is 17.7 Å². The van der Waals surface area contributed by atoms with Gasteiger partial charge in [0.25, 0.3) is 11.8 Å². The Morgan fingerprint density at radius 1 is 0.657 bits per heavy atom. The van der Waals surface area contributed by atoms with Crippen molar-refractivity contribution in [3.63, 3.8) is 0 Å². The number of benzene rings is 3. The standard InChI is InChI=1S/C30H37N3O2/c1-2-3-4-5-6-7-9-14-25-15-12-13-18-28(25)32-33-30(35)27-21-19-24(20-22-27)23-31-29(34)26-16-10-8-11-17-26/h8,10-13,15-22,32H,2-7,9,14,23H2,1H3,(H,31,34)(H,33,35). The Balaban J connectivity index is 1.43. The molecule has 0 fully saturated rings. The minimum absolute atomic E-state index is 0.119. The topological polar surface area (TPSA) is 70.2 Å². The lowest BCUT2D eigenvalue weighted by Gasteiger charge is -2.13. The van der Waals surface area contributed by atoms with Crippen LogP contribution >= 0.6 is 0 Å². The third kappa shape index (κ3) is 8.93. The van der Waals surface area contributed by atoms with Gasteiger partial charge in [-0.2, -0.15) is 0 Å². The van der Waals surface area contributed by atoms with Gasteiger partial charge in [-0.25, -0.2) is 0 Å². The van der Waals surface area contributed by atoms with E-state index in [4.69, 9.17) is 0 Å². The van der Waals surface area contributed by atoms with E-state index >= 15 is 0 Å². The molecule has 0 radical (unpaired) electrons. The van der Waals surface area contributed by atoms with Crippen molar-refractivity contribution in [2.75, 3.05) is 5.43 Å². The predicted octanol–water partition coefficient (Wildman–Crippen LogP) is 6.67. The number of aryl methyl sites for hydroxylation is 1. The first-order chi connectivity index (χ1) is 17.2. The Morgan fingerprint density at radius 2 is 1.29 bits per heavy atom. The van der Waals surface area contributed by atoms with E-state index in [1.807, 2.05) is 48.5 Å². The molecular weight excluding hydrogens is 434 g/mol. The van der Waals surface area contributed by atoms with Gasteiger partial charge in [0.1, 0.15) is 0 Å². The van der Waals surface area contributed by atoms with Gasteiger partial charge in [-0.1, -0.05) is 94.0 Å². The van der Waals surface area contributed by atoms with E-state index in [1.54, 1.807) is 24.3 Å². The van der Waals surface area contributed by atoms with Crippen molar-refractivity contribution in [1.82, 2.24) is 10.7 Å². The van der Waals surface area contributed by atoms with Gasteiger partial charge in [0.2, 0.25) is 0 Å². The number of rotatable bonds is 14. The molecule has 0 aromatic heterocycles. The second-order valence-corrected chi connectivity index (χ2v) is 8.85. The summed E-state index contributed by atoms with van der Waals surface area (Å²) in [6.07, 6.45) is 9.95.